The molecule has 12 heavy (non-hydrogen) atoms. The molecule has 0 fully saturated rings. The van der Waals surface area contributed by atoms with Crippen molar-refractivity contribution in [3.05, 3.63) is 0 Å². The lowest BCUT2D eigenvalue weighted by molar-refractivity contribution is 0.288. The Morgan fingerprint density at radius 2 is 1.92 bits per heavy atom. The Hall–Kier alpha value is -0.480. The van der Waals surface area contributed by atoms with Gasteiger partial charge < -0.3 is 5.32 Å². The summed E-state index contributed by atoms with van der Waals surface area (Å²) in [6.45, 7) is 10.0. The molecule has 0 aromatic carbocycles. The molecule has 0 spiro atoms. The maximum Gasteiger partial charge on any atom is 0.0661 e. The molecule has 0 amide bonds. The lowest BCUT2D eigenvalue weighted by Gasteiger charge is -2.25. The van der Waals surface area contributed by atoms with Crippen molar-refractivity contribution < 1.29 is 0 Å². The smallest absolute Gasteiger partial charge is 0.0661 e. The van der Waals surface area contributed by atoms with Gasteiger partial charge in [0.2, 0.25) is 0 Å². The molecular formula is C11H19N. The summed E-state index contributed by atoms with van der Waals surface area (Å²) >= 11 is 0. The Labute approximate surface area is 75.9 Å². The van der Waals surface area contributed by atoms with E-state index < -0.39 is 0 Å². The van der Waals surface area contributed by atoms with E-state index in [-0.39, 0.29) is 0 Å². The number of rotatable bonds is 0. The molecular weight excluding hydrogens is 146 g/mol. The van der Waals surface area contributed by atoms with Gasteiger partial charge >= 0.3 is 0 Å². The molecule has 0 aliphatic carbocycles. The first kappa shape index (κ1) is 9.61. The molecule has 0 saturated carbocycles. The standard InChI is InChI=1S/C11H19N/c1-9-5-6-10(7-8-12-9)11(2,3)4/h9-10,12H,7-8H2,1-4H3/t9-,10?/m1/s1. The van der Waals surface area contributed by atoms with E-state index in [0.29, 0.717) is 17.4 Å². The fourth-order valence-corrected chi connectivity index (χ4v) is 1.44. The van der Waals surface area contributed by atoms with Gasteiger partial charge in [-0.25, -0.2) is 0 Å². The fourth-order valence-electron chi connectivity index (χ4n) is 1.44. The largest absolute Gasteiger partial charge is 0.304 e. The third-order valence-electron chi connectivity index (χ3n) is 2.40. The lowest BCUT2D eigenvalue weighted by Crippen LogP contribution is -2.26. The highest BCUT2D eigenvalue weighted by atomic mass is 14.9. The van der Waals surface area contributed by atoms with Crippen molar-refractivity contribution in [1.82, 2.24) is 5.32 Å². The van der Waals surface area contributed by atoms with Crippen LogP contribution in [0.5, 0.6) is 0 Å². The normalized spacial score (nSPS) is 30.3. The minimum absolute atomic E-state index is 0.332. The third-order valence-corrected chi connectivity index (χ3v) is 2.40. The van der Waals surface area contributed by atoms with Gasteiger partial charge in [0.1, 0.15) is 0 Å². The van der Waals surface area contributed by atoms with E-state index >= 15 is 0 Å². The molecule has 0 radical (unpaired) electrons. The summed E-state index contributed by atoms with van der Waals surface area (Å²) in [6, 6.07) is 0.373. The van der Waals surface area contributed by atoms with Crippen molar-refractivity contribution >= 4 is 0 Å². The summed E-state index contributed by atoms with van der Waals surface area (Å²) in [5, 5.41) is 3.37. The van der Waals surface area contributed by atoms with Crippen molar-refractivity contribution in [2.75, 3.05) is 6.54 Å². The molecule has 0 saturated heterocycles. The molecule has 68 valence electrons. The summed E-state index contributed by atoms with van der Waals surface area (Å²) in [6.07, 6.45) is 1.18. The first-order valence-electron chi connectivity index (χ1n) is 4.74. The minimum Gasteiger partial charge on any atom is -0.304 e. The van der Waals surface area contributed by atoms with Crippen LogP contribution in [0, 0.1) is 23.2 Å². The molecule has 0 aromatic heterocycles. The Bertz CT molecular complexity index is 201. The summed E-state index contributed by atoms with van der Waals surface area (Å²) < 4.78 is 0. The van der Waals surface area contributed by atoms with E-state index in [4.69, 9.17) is 0 Å². The van der Waals surface area contributed by atoms with Gasteiger partial charge in [-0.2, -0.15) is 0 Å². The van der Waals surface area contributed by atoms with E-state index in [9.17, 15) is 0 Å². The average molecular weight is 165 g/mol. The van der Waals surface area contributed by atoms with Crippen LogP contribution in [-0.4, -0.2) is 12.6 Å². The van der Waals surface area contributed by atoms with Crippen LogP contribution in [0.4, 0.5) is 0 Å². The fraction of sp³-hybridized carbons (Fsp3) is 0.818. The Morgan fingerprint density at radius 3 is 2.50 bits per heavy atom. The highest BCUT2D eigenvalue weighted by Crippen LogP contribution is 2.28. The van der Waals surface area contributed by atoms with Crippen LogP contribution < -0.4 is 5.32 Å². The molecule has 0 aromatic rings. The highest BCUT2D eigenvalue weighted by molar-refractivity contribution is 5.13. The first-order valence-corrected chi connectivity index (χ1v) is 4.74. The minimum atomic E-state index is 0.332. The second kappa shape index (κ2) is 3.49. The molecule has 1 heteroatoms. The molecule has 2 atom stereocenters. The Balaban J connectivity index is 2.67. The topological polar surface area (TPSA) is 12.0 Å². The molecule has 0 bridgehead atoms. The van der Waals surface area contributed by atoms with E-state index in [0.717, 1.165) is 6.54 Å². The third kappa shape index (κ3) is 2.53. The highest BCUT2D eigenvalue weighted by Gasteiger charge is 2.23. The molecule has 1 rings (SSSR count). The van der Waals surface area contributed by atoms with Gasteiger partial charge in [0.25, 0.3) is 0 Å². The molecule has 1 nitrogen and oxygen atoms in total. The predicted molar refractivity (Wildman–Crippen MR) is 52.8 cm³/mol. The monoisotopic (exact) mass is 165 g/mol. The van der Waals surface area contributed by atoms with Gasteiger partial charge in [-0.1, -0.05) is 32.6 Å². The van der Waals surface area contributed by atoms with Gasteiger partial charge in [-0.3, -0.25) is 0 Å². The number of hydrogen-bond donors (Lipinski definition) is 1. The maximum atomic E-state index is 3.37. The van der Waals surface area contributed by atoms with Gasteiger partial charge in [-0.05, 0) is 25.3 Å². The Kier molecular flexibility index (Phi) is 2.80. The predicted octanol–water partition coefficient (Wildman–Crippen LogP) is 2.03. The summed E-state index contributed by atoms with van der Waals surface area (Å²) in [4.78, 5) is 0. The van der Waals surface area contributed by atoms with E-state index in [1.54, 1.807) is 0 Å². The van der Waals surface area contributed by atoms with Crippen molar-refractivity contribution in [3.8, 4) is 11.8 Å². The molecule has 1 heterocycles. The van der Waals surface area contributed by atoms with Crippen LogP contribution in [0.1, 0.15) is 34.1 Å². The molecule has 1 aliphatic heterocycles. The van der Waals surface area contributed by atoms with Crippen LogP contribution in [-0.2, 0) is 0 Å². The van der Waals surface area contributed by atoms with Crippen molar-refractivity contribution in [1.29, 1.82) is 0 Å². The SMILES string of the molecule is C[C@@H]1C#CC(C(C)(C)C)CCN1. The van der Waals surface area contributed by atoms with E-state index in [2.05, 4.69) is 44.9 Å². The molecule has 1 unspecified atom stereocenters. The van der Waals surface area contributed by atoms with E-state index in [1.807, 2.05) is 0 Å². The van der Waals surface area contributed by atoms with Crippen molar-refractivity contribution in [3.63, 3.8) is 0 Å². The van der Waals surface area contributed by atoms with Gasteiger partial charge in [0.15, 0.2) is 0 Å². The second-order valence-corrected chi connectivity index (χ2v) is 4.67. The quantitative estimate of drug-likeness (QED) is 0.542. The number of hydrogen-bond acceptors (Lipinski definition) is 1. The van der Waals surface area contributed by atoms with Gasteiger partial charge in [0, 0.05) is 5.92 Å². The molecule has 1 N–H and O–H groups in total. The van der Waals surface area contributed by atoms with Gasteiger partial charge in [-0.15, -0.1) is 0 Å². The van der Waals surface area contributed by atoms with Crippen molar-refractivity contribution in [2.24, 2.45) is 11.3 Å². The van der Waals surface area contributed by atoms with Gasteiger partial charge in [0.05, 0.1) is 6.04 Å². The number of nitrogens with one attached hydrogen (secondary N) is 1. The van der Waals surface area contributed by atoms with Crippen LogP contribution >= 0.6 is 0 Å². The van der Waals surface area contributed by atoms with Crippen LogP contribution in [0.15, 0.2) is 0 Å². The molecule has 1 aliphatic rings. The van der Waals surface area contributed by atoms with Crippen molar-refractivity contribution in [2.45, 2.75) is 40.2 Å². The van der Waals surface area contributed by atoms with Crippen LogP contribution in [0.3, 0.4) is 0 Å². The summed E-state index contributed by atoms with van der Waals surface area (Å²) in [5.41, 5.74) is 0.332. The second-order valence-electron chi connectivity index (χ2n) is 4.67. The Morgan fingerprint density at radius 1 is 1.25 bits per heavy atom. The van der Waals surface area contributed by atoms with Crippen LogP contribution in [0.25, 0.3) is 0 Å². The summed E-state index contributed by atoms with van der Waals surface area (Å²) in [7, 11) is 0. The zero-order valence-corrected chi connectivity index (χ0v) is 8.57. The van der Waals surface area contributed by atoms with E-state index in [1.165, 1.54) is 6.42 Å². The van der Waals surface area contributed by atoms with Crippen LogP contribution in [0.2, 0.25) is 0 Å². The lowest BCUT2D eigenvalue weighted by atomic mass is 9.79. The zero-order chi connectivity index (χ0) is 9.19. The maximum absolute atomic E-state index is 3.37. The summed E-state index contributed by atoms with van der Waals surface area (Å²) in [5.74, 6) is 7.15. The first-order chi connectivity index (χ1) is 5.50. The average Bonchev–Trinajstić information content (AvgIpc) is 2.11. The zero-order valence-electron chi connectivity index (χ0n) is 8.57.